The van der Waals surface area contributed by atoms with Crippen molar-refractivity contribution in [3.05, 3.63) is 0 Å². The standard InChI is InChI=1S/C20H22/c1-16-6-3-7(16)13-15-11-8-5-9-12-14-10(4-6)19(13,16)20(14,15)17(11,2)18(8,9)12/h6-15H,3-5H2,1-2H3. The second-order valence-electron chi connectivity index (χ2n) is 11.6. The lowest BCUT2D eigenvalue weighted by Crippen LogP contribution is -3.04. The first-order chi connectivity index (χ1) is 9.67. The fourth-order valence-corrected chi connectivity index (χ4v) is 15.0. The molecule has 0 heterocycles. The van der Waals surface area contributed by atoms with Gasteiger partial charge in [0, 0.05) is 0 Å². The van der Waals surface area contributed by atoms with E-state index in [2.05, 4.69) is 13.8 Å². The molecule has 20 heavy (non-hydrogen) atoms. The summed E-state index contributed by atoms with van der Waals surface area (Å²) in [4.78, 5) is 0. The van der Waals surface area contributed by atoms with Crippen LogP contribution in [0.15, 0.2) is 0 Å². The molecule has 0 aromatic heterocycles. The first kappa shape index (κ1) is 8.59. The van der Waals surface area contributed by atoms with Gasteiger partial charge in [0.1, 0.15) is 0 Å². The monoisotopic (exact) mass is 262 g/mol. The molecule has 102 valence electrons. The quantitative estimate of drug-likeness (QED) is 0.627. The lowest BCUT2D eigenvalue weighted by Gasteiger charge is -3.07. The molecule has 0 aromatic carbocycles. The molecule has 10 aliphatic rings. The first-order valence-electron chi connectivity index (χ1n) is 9.67. The van der Waals surface area contributed by atoms with Gasteiger partial charge in [0.25, 0.3) is 0 Å². The molecule has 10 aliphatic carbocycles. The largest absolute Gasteiger partial charge is 0.0585 e. The van der Waals surface area contributed by atoms with Crippen molar-refractivity contribution >= 4 is 0 Å². The van der Waals surface area contributed by atoms with Crippen LogP contribution in [0.5, 0.6) is 0 Å². The Balaban J connectivity index is 1.39. The predicted octanol–water partition coefficient (Wildman–Crippen LogP) is 3.43. The van der Waals surface area contributed by atoms with E-state index in [1.54, 1.807) is 19.3 Å². The molecular formula is C20H22. The van der Waals surface area contributed by atoms with Crippen LogP contribution in [0.2, 0.25) is 0 Å². The molecule has 15 atom stereocenters. The van der Waals surface area contributed by atoms with Gasteiger partial charge in [-0.25, -0.2) is 0 Å². The predicted molar refractivity (Wildman–Crippen MR) is 72.3 cm³/mol. The highest BCUT2D eigenvalue weighted by atomic mass is 15.2. The molecule has 10 saturated carbocycles. The second kappa shape index (κ2) is 1.55. The maximum atomic E-state index is 2.85. The summed E-state index contributed by atoms with van der Waals surface area (Å²) in [6.45, 7) is 5.64. The third kappa shape index (κ3) is 0.290. The summed E-state index contributed by atoms with van der Waals surface area (Å²) < 4.78 is 0. The second-order valence-corrected chi connectivity index (χ2v) is 11.6. The first-order valence-corrected chi connectivity index (χ1v) is 9.67. The molecule has 0 nitrogen and oxygen atoms in total. The van der Waals surface area contributed by atoms with E-state index in [0.29, 0.717) is 0 Å². The van der Waals surface area contributed by atoms with E-state index in [1.165, 1.54) is 59.2 Å². The van der Waals surface area contributed by atoms with Gasteiger partial charge >= 0.3 is 0 Å². The Morgan fingerprint density at radius 2 is 1.40 bits per heavy atom. The fourth-order valence-electron chi connectivity index (χ4n) is 15.0. The molecule has 0 bridgehead atoms. The molecule has 0 radical (unpaired) electrons. The van der Waals surface area contributed by atoms with E-state index >= 15 is 0 Å². The maximum Gasteiger partial charge on any atom is -0.00994 e. The van der Waals surface area contributed by atoms with Gasteiger partial charge in [-0.05, 0) is 106 Å². The van der Waals surface area contributed by atoms with Gasteiger partial charge in [0.15, 0.2) is 0 Å². The summed E-state index contributed by atoms with van der Waals surface area (Å²) in [7, 11) is 0. The van der Waals surface area contributed by atoms with Gasteiger partial charge in [0.05, 0.1) is 0 Å². The highest BCUT2D eigenvalue weighted by molar-refractivity contribution is 5.65. The average Bonchev–Trinajstić information content (AvgIpc) is 2.86. The van der Waals surface area contributed by atoms with Gasteiger partial charge in [-0.3, -0.25) is 0 Å². The molecule has 15 unspecified atom stereocenters. The van der Waals surface area contributed by atoms with Crippen LogP contribution in [-0.2, 0) is 0 Å². The molecule has 0 heteroatoms. The highest BCUT2D eigenvalue weighted by Crippen LogP contribution is 3.22. The smallest absolute Gasteiger partial charge is 0.00994 e. The van der Waals surface area contributed by atoms with Gasteiger partial charge in [-0.15, -0.1) is 0 Å². The topological polar surface area (TPSA) is 0 Å². The summed E-state index contributed by atoms with van der Waals surface area (Å²) in [5, 5.41) is 0. The van der Waals surface area contributed by atoms with E-state index in [9.17, 15) is 0 Å². The third-order valence-electron chi connectivity index (χ3n) is 13.9. The minimum Gasteiger partial charge on any atom is -0.0585 e. The van der Waals surface area contributed by atoms with Crippen molar-refractivity contribution in [1.29, 1.82) is 0 Å². The maximum absolute atomic E-state index is 2.85. The Bertz CT molecular complexity index is 753. The van der Waals surface area contributed by atoms with Crippen LogP contribution in [-0.4, -0.2) is 0 Å². The van der Waals surface area contributed by atoms with Crippen LogP contribution in [0.3, 0.4) is 0 Å². The van der Waals surface area contributed by atoms with Crippen LogP contribution in [0.25, 0.3) is 0 Å². The molecule has 0 aromatic rings. The zero-order valence-corrected chi connectivity index (χ0v) is 12.4. The van der Waals surface area contributed by atoms with Crippen LogP contribution >= 0.6 is 0 Å². The van der Waals surface area contributed by atoms with Crippen LogP contribution in [0.4, 0.5) is 0 Å². The van der Waals surface area contributed by atoms with Crippen molar-refractivity contribution in [3.8, 4) is 0 Å². The van der Waals surface area contributed by atoms with Gasteiger partial charge in [-0.2, -0.15) is 0 Å². The minimum absolute atomic E-state index is 0.890. The molecule has 0 saturated heterocycles. The van der Waals surface area contributed by atoms with E-state index < -0.39 is 0 Å². The summed E-state index contributed by atoms with van der Waals surface area (Å²) in [5.74, 6) is 12.6. The Morgan fingerprint density at radius 3 is 2.30 bits per heavy atom. The lowest BCUT2D eigenvalue weighted by atomic mass is 8.96. The molecule has 0 aliphatic heterocycles. The van der Waals surface area contributed by atoms with E-state index in [-0.39, 0.29) is 0 Å². The summed E-state index contributed by atoms with van der Waals surface area (Å²) in [5.41, 5.74) is 4.77. The fraction of sp³-hybridized carbons (Fsp3) is 1.00. The number of hydrogen-bond donors (Lipinski definition) is 0. The van der Waals surface area contributed by atoms with Crippen molar-refractivity contribution < 1.29 is 0 Å². The molecule has 10 fully saturated rings. The zero-order valence-electron chi connectivity index (χ0n) is 12.4. The molecule has 10 rings (SSSR count). The van der Waals surface area contributed by atoms with Crippen LogP contribution in [0, 0.1) is 86.3 Å². The number of hydrogen-bond acceptors (Lipinski definition) is 0. The highest BCUT2D eigenvalue weighted by Gasteiger charge is 3.19. The minimum atomic E-state index is 0.890. The van der Waals surface area contributed by atoms with Gasteiger partial charge in [-0.1, -0.05) is 13.8 Å². The normalized spacial score (nSPS) is 106. The Morgan fingerprint density at radius 1 is 0.650 bits per heavy atom. The lowest BCUT2D eigenvalue weighted by molar-refractivity contribution is -0.613. The summed E-state index contributed by atoms with van der Waals surface area (Å²) >= 11 is 0. The van der Waals surface area contributed by atoms with Gasteiger partial charge < -0.3 is 0 Å². The number of fused-ring (bicyclic) bond motifs is 7. The summed E-state index contributed by atoms with van der Waals surface area (Å²) in [6.07, 6.45) is 5.07. The Hall–Kier alpha value is 0. The van der Waals surface area contributed by atoms with E-state index in [0.717, 1.165) is 27.1 Å². The van der Waals surface area contributed by atoms with Crippen molar-refractivity contribution in [3.63, 3.8) is 0 Å². The van der Waals surface area contributed by atoms with Crippen molar-refractivity contribution in [1.82, 2.24) is 0 Å². The van der Waals surface area contributed by atoms with Crippen molar-refractivity contribution in [2.75, 3.05) is 0 Å². The van der Waals surface area contributed by atoms with Crippen LogP contribution < -0.4 is 0 Å². The SMILES string of the molecule is CC12C3CC1C1C4C5C6CC7C8C9C(C3)C12C94C5(C)C768. The van der Waals surface area contributed by atoms with Crippen molar-refractivity contribution in [2.45, 2.75) is 33.1 Å². The van der Waals surface area contributed by atoms with Crippen molar-refractivity contribution in [2.24, 2.45) is 86.3 Å². The third-order valence-corrected chi connectivity index (χ3v) is 13.9. The molecular weight excluding hydrogens is 240 g/mol. The average molecular weight is 262 g/mol. The van der Waals surface area contributed by atoms with E-state index in [4.69, 9.17) is 0 Å². The molecule has 3 spiro atoms. The summed E-state index contributed by atoms with van der Waals surface area (Å²) in [6, 6.07) is 0. The van der Waals surface area contributed by atoms with E-state index in [1.807, 2.05) is 0 Å². The van der Waals surface area contributed by atoms with Crippen LogP contribution in [0.1, 0.15) is 33.1 Å². The molecule has 0 N–H and O–H groups in total. The van der Waals surface area contributed by atoms with Gasteiger partial charge in [0.2, 0.25) is 0 Å². The Kier molecular flexibility index (Phi) is 0.666. The molecule has 0 amide bonds. The Labute approximate surface area is 120 Å². The number of rotatable bonds is 0. The zero-order chi connectivity index (χ0) is 12.4.